The third-order valence-corrected chi connectivity index (χ3v) is 4.33. The number of hydrogen-bond donors (Lipinski definition) is 3. The molecule has 0 radical (unpaired) electrons. The van der Waals surface area contributed by atoms with E-state index in [0.717, 1.165) is 6.20 Å². The topological polar surface area (TPSA) is 103 Å². The van der Waals surface area contributed by atoms with Gasteiger partial charge in [-0.1, -0.05) is 6.92 Å². The van der Waals surface area contributed by atoms with Crippen LogP contribution in [0.25, 0.3) is 0 Å². The number of nitrogens with zero attached hydrogens (tertiary/aromatic N) is 1. The van der Waals surface area contributed by atoms with Crippen LogP contribution < -0.4 is 15.8 Å². The normalized spacial score (nSPS) is 17.7. The molecule has 0 aromatic carbocycles. The summed E-state index contributed by atoms with van der Waals surface area (Å²) in [7, 11) is 1.63. The van der Waals surface area contributed by atoms with Crippen molar-refractivity contribution in [3.05, 3.63) is 39.1 Å². The van der Waals surface area contributed by atoms with Crippen molar-refractivity contribution in [1.82, 2.24) is 10.3 Å². The van der Waals surface area contributed by atoms with Crippen LogP contribution in [-0.2, 0) is 16.0 Å². The number of aromatic nitrogens is 1. The molecule has 7 nitrogen and oxygen atoms in total. The number of anilines is 1. The van der Waals surface area contributed by atoms with E-state index in [-0.39, 0.29) is 23.4 Å². The average Bonchev–Trinajstić information content (AvgIpc) is 2.52. The lowest BCUT2D eigenvalue weighted by Crippen LogP contribution is -2.49. The summed E-state index contributed by atoms with van der Waals surface area (Å²) >= 11 is 0. The van der Waals surface area contributed by atoms with Gasteiger partial charge in [-0.05, 0) is 18.9 Å². The highest BCUT2D eigenvalue weighted by Crippen LogP contribution is 2.26. The number of carboxylic acid groups (broad SMARTS) is 1. The molecular weight excluding hydrogens is 317 g/mol. The van der Waals surface area contributed by atoms with Crippen molar-refractivity contribution in [2.24, 2.45) is 0 Å². The number of carbonyl (C=O) groups excluding carboxylic acids is 1. The molecule has 0 saturated heterocycles. The predicted molar refractivity (Wildman–Crippen MR) is 86.6 cm³/mol. The van der Waals surface area contributed by atoms with Gasteiger partial charge in [0.25, 0.3) is 5.56 Å². The third kappa shape index (κ3) is 3.17. The van der Waals surface area contributed by atoms with E-state index in [1.54, 1.807) is 25.8 Å². The van der Waals surface area contributed by atoms with Crippen LogP contribution in [-0.4, -0.2) is 41.6 Å². The summed E-state index contributed by atoms with van der Waals surface area (Å²) in [6, 6.07) is -0.426. The Bertz CT molecular complexity index is 769. The van der Waals surface area contributed by atoms with E-state index in [1.165, 1.54) is 0 Å². The number of pyridine rings is 1. The van der Waals surface area contributed by atoms with Crippen LogP contribution in [0, 0.1) is 5.82 Å². The number of amides is 1. The van der Waals surface area contributed by atoms with E-state index in [9.17, 15) is 18.8 Å². The van der Waals surface area contributed by atoms with Crippen LogP contribution >= 0.6 is 0 Å². The third-order valence-electron chi connectivity index (χ3n) is 4.33. The van der Waals surface area contributed by atoms with Crippen LogP contribution in [0.4, 0.5) is 10.1 Å². The monoisotopic (exact) mass is 337 g/mol. The summed E-state index contributed by atoms with van der Waals surface area (Å²) in [6.07, 6.45) is 0.959. The Morgan fingerprint density at radius 2 is 2.12 bits per heavy atom. The second-order valence-electron chi connectivity index (χ2n) is 5.72. The number of H-pyrrole nitrogens is 1. The van der Waals surface area contributed by atoms with E-state index >= 15 is 0 Å². The summed E-state index contributed by atoms with van der Waals surface area (Å²) in [6.45, 7) is 3.62. The highest BCUT2D eigenvalue weighted by atomic mass is 19.1. The van der Waals surface area contributed by atoms with Crippen molar-refractivity contribution in [2.75, 3.05) is 18.5 Å². The predicted octanol–water partition coefficient (Wildman–Crippen LogP) is 0.802. The molecular formula is C16H20FN3O4. The molecule has 3 N–H and O–H groups in total. The lowest BCUT2D eigenvalue weighted by atomic mass is 9.94. The van der Waals surface area contributed by atoms with Gasteiger partial charge in [0, 0.05) is 30.9 Å². The van der Waals surface area contributed by atoms with Gasteiger partial charge in [0.05, 0.1) is 12.5 Å². The summed E-state index contributed by atoms with van der Waals surface area (Å²) in [5.41, 5.74) is 0.768. The minimum absolute atomic E-state index is 0.163. The van der Waals surface area contributed by atoms with Crippen molar-refractivity contribution < 1.29 is 19.1 Å². The molecule has 1 aliphatic rings. The number of likely N-dealkylation sites (N-methyl/N-ethyl adjacent to an activating group) is 1. The van der Waals surface area contributed by atoms with Crippen LogP contribution in [0.5, 0.6) is 0 Å². The lowest BCUT2D eigenvalue weighted by Gasteiger charge is -2.35. The Morgan fingerprint density at radius 1 is 1.46 bits per heavy atom. The van der Waals surface area contributed by atoms with Crippen molar-refractivity contribution in [3.8, 4) is 0 Å². The van der Waals surface area contributed by atoms with Gasteiger partial charge in [0.1, 0.15) is 11.5 Å². The maximum Gasteiger partial charge on any atom is 0.308 e. The van der Waals surface area contributed by atoms with Gasteiger partial charge in [0.15, 0.2) is 0 Å². The Balaban J connectivity index is 2.50. The van der Waals surface area contributed by atoms with Gasteiger partial charge >= 0.3 is 5.97 Å². The Morgan fingerprint density at radius 3 is 2.71 bits per heavy atom. The zero-order valence-corrected chi connectivity index (χ0v) is 13.8. The van der Waals surface area contributed by atoms with Crippen molar-refractivity contribution >= 4 is 17.6 Å². The number of aromatic amines is 1. The van der Waals surface area contributed by atoms with E-state index in [2.05, 4.69) is 10.3 Å². The highest BCUT2D eigenvalue weighted by molar-refractivity contribution is 5.99. The fourth-order valence-corrected chi connectivity index (χ4v) is 3.03. The van der Waals surface area contributed by atoms with E-state index in [4.69, 9.17) is 5.11 Å². The molecule has 1 amide bonds. The molecule has 24 heavy (non-hydrogen) atoms. The van der Waals surface area contributed by atoms with Gasteiger partial charge in [-0.15, -0.1) is 0 Å². The Hall–Kier alpha value is -2.64. The standard InChI is InChI=1S/C16H20FN3O4/c1-4-9-11(17)6-18-16(24)14(9)20(3)12-7-19-15(23)10(8(12)2)5-13(21)22/h6,12H,4-5,7H2,1-3H3,(H,18,24)(H,19,23)(H,21,22). The molecule has 1 aromatic rings. The maximum atomic E-state index is 14.0. The average molecular weight is 337 g/mol. The summed E-state index contributed by atoms with van der Waals surface area (Å²) < 4.78 is 14.0. The van der Waals surface area contributed by atoms with Gasteiger partial charge in [-0.3, -0.25) is 14.4 Å². The second kappa shape index (κ2) is 6.86. The molecule has 1 atom stereocenters. The molecule has 2 heterocycles. The van der Waals surface area contributed by atoms with Crippen LogP contribution in [0.1, 0.15) is 25.8 Å². The number of halogens is 1. The summed E-state index contributed by atoms with van der Waals surface area (Å²) in [5.74, 6) is -2.05. The molecule has 1 aromatic heterocycles. The van der Waals surface area contributed by atoms with E-state index < -0.39 is 35.7 Å². The van der Waals surface area contributed by atoms with Gasteiger partial charge in [0.2, 0.25) is 5.91 Å². The summed E-state index contributed by atoms with van der Waals surface area (Å²) in [5, 5.41) is 11.6. The maximum absolute atomic E-state index is 14.0. The number of carboxylic acids is 1. The van der Waals surface area contributed by atoms with Crippen molar-refractivity contribution in [1.29, 1.82) is 0 Å². The number of hydrogen-bond acceptors (Lipinski definition) is 4. The molecule has 130 valence electrons. The van der Waals surface area contributed by atoms with Crippen molar-refractivity contribution in [3.63, 3.8) is 0 Å². The molecule has 1 aliphatic heterocycles. The number of aliphatic carboxylic acids is 1. The zero-order valence-electron chi connectivity index (χ0n) is 13.8. The quantitative estimate of drug-likeness (QED) is 0.738. The first-order valence-electron chi connectivity index (χ1n) is 7.60. The van der Waals surface area contributed by atoms with Crippen LogP contribution in [0.3, 0.4) is 0 Å². The molecule has 0 fully saturated rings. The molecule has 0 aliphatic carbocycles. The fourth-order valence-electron chi connectivity index (χ4n) is 3.03. The lowest BCUT2D eigenvalue weighted by molar-refractivity contribution is -0.137. The van der Waals surface area contributed by atoms with Gasteiger partial charge in [-0.25, -0.2) is 4.39 Å². The smallest absolute Gasteiger partial charge is 0.308 e. The fraction of sp³-hybridized carbons (Fsp3) is 0.438. The molecule has 1 unspecified atom stereocenters. The number of nitrogens with one attached hydrogen (secondary N) is 2. The molecule has 8 heteroatoms. The minimum Gasteiger partial charge on any atom is -0.481 e. The molecule has 0 saturated carbocycles. The first kappa shape index (κ1) is 17.7. The van der Waals surface area contributed by atoms with Crippen LogP contribution in [0.2, 0.25) is 0 Å². The van der Waals surface area contributed by atoms with Gasteiger partial charge in [-0.2, -0.15) is 0 Å². The van der Waals surface area contributed by atoms with Crippen molar-refractivity contribution in [2.45, 2.75) is 32.7 Å². The first-order valence-corrected chi connectivity index (χ1v) is 7.60. The second-order valence-corrected chi connectivity index (χ2v) is 5.72. The first-order chi connectivity index (χ1) is 11.3. The Labute approximate surface area is 138 Å². The molecule has 0 spiro atoms. The Kier molecular flexibility index (Phi) is 5.06. The van der Waals surface area contributed by atoms with Crippen LogP contribution in [0.15, 0.2) is 22.1 Å². The highest BCUT2D eigenvalue weighted by Gasteiger charge is 2.31. The SMILES string of the molecule is CCc1c(F)c[nH]c(=O)c1N(C)C1CNC(=O)C(CC(=O)O)=C1C. The number of rotatable bonds is 5. The van der Waals surface area contributed by atoms with Gasteiger partial charge < -0.3 is 20.3 Å². The zero-order chi connectivity index (χ0) is 18.0. The van der Waals surface area contributed by atoms with E-state index in [0.29, 0.717) is 12.0 Å². The van der Waals surface area contributed by atoms with E-state index in [1.807, 2.05) is 0 Å². The molecule has 0 bridgehead atoms. The summed E-state index contributed by atoms with van der Waals surface area (Å²) in [4.78, 5) is 39.0. The largest absolute Gasteiger partial charge is 0.481 e. The number of carbonyl (C=O) groups is 2. The molecule has 2 rings (SSSR count). The minimum atomic E-state index is -1.11.